The third-order valence-electron chi connectivity index (χ3n) is 3.02. The molecule has 1 saturated heterocycles. The molecule has 0 aliphatic carbocycles. The van der Waals surface area contributed by atoms with Gasteiger partial charge in [-0.1, -0.05) is 12.1 Å². The molecule has 0 atom stereocenters. The number of carboxylic acids is 1. The molecule has 1 aliphatic rings. The molecular formula is C14H12N2O6S. The first-order chi connectivity index (χ1) is 10.9. The average Bonchev–Trinajstić information content (AvgIpc) is 2.74. The van der Waals surface area contributed by atoms with Crippen LogP contribution in [0.1, 0.15) is 18.4 Å². The Morgan fingerprint density at radius 1 is 1.39 bits per heavy atom. The highest BCUT2D eigenvalue weighted by Gasteiger charge is 2.34. The lowest BCUT2D eigenvalue weighted by Crippen LogP contribution is -2.29. The lowest BCUT2D eigenvalue weighted by molar-refractivity contribution is -0.384. The zero-order valence-corrected chi connectivity index (χ0v) is 12.6. The van der Waals surface area contributed by atoms with E-state index in [4.69, 9.17) is 5.11 Å². The number of carboxylic acid groups (broad SMARTS) is 1. The van der Waals surface area contributed by atoms with Gasteiger partial charge in [-0.05, 0) is 29.8 Å². The van der Waals surface area contributed by atoms with Crippen LogP contribution < -0.4 is 0 Å². The smallest absolute Gasteiger partial charge is 0.303 e. The number of imide groups is 1. The lowest BCUT2D eigenvalue weighted by atomic mass is 10.2. The van der Waals surface area contributed by atoms with Crippen molar-refractivity contribution in [3.8, 4) is 0 Å². The quantitative estimate of drug-likeness (QED) is 0.481. The van der Waals surface area contributed by atoms with Crippen LogP contribution in [-0.4, -0.2) is 38.6 Å². The standard InChI is InChI=1S/C14H12N2O6S/c17-12(18)5-2-6-15-13(19)11(23-14(15)20)8-9-3-1-4-10(7-9)16(21)22/h1,3-4,7-8H,2,5-6H2,(H,17,18)/b11-8+. The molecule has 0 aromatic heterocycles. The number of hydrogen-bond acceptors (Lipinski definition) is 6. The largest absolute Gasteiger partial charge is 0.481 e. The summed E-state index contributed by atoms with van der Waals surface area (Å²) in [6.07, 6.45) is 1.46. The molecular weight excluding hydrogens is 324 g/mol. The van der Waals surface area contributed by atoms with Gasteiger partial charge < -0.3 is 5.11 Å². The number of carbonyl (C=O) groups excluding carboxylic acids is 2. The van der Waals surface area contributed by atoms with Gasteiger partial charge in [0.25, 0.3) is 16.8 Å². The molecule has 1 heterocycles. The molecule has 0 spiro atoms. The van der Waals surface area contributed by atoms with E-state index in [9.17, 15) is 24.5 Å². The van der Waals surface area contributed by atoms with E-state index in [2.05, 4.69) is 0 Å². The Hall–Kier alpha value is -2.68. The number of nitro benzene ring substituents is 1. The van der Waals surface area contributed by atoms with Crippen molar-refractivity contribution >= 4 is 40.6 Å². The Morgan fingerprint density at radius 3 is 2.78 bits per heavy atom. The molecule has 0 bridgehead atoms. The highest BCUT2D eigenvalue weighted by molar-refractivity contribution is 8.18. The van der Waals surface area contributed by atoms with Crippen molar-refractivity contribution in [3.05, 3.63) is 44.8 Å². The van der Waals surface area contributed by atoms with E-state index in [-0.39, 0.29) is 30.0 Å². The number of thioether (sulfide) groups is 1. The van der Waals surface area contributed by atoms with Gasteiger partial charge in [0.2, 0.25) is 0 Å². The van der Waals surface area contributed by atoms with Gasteiger partial charge in [-0.25, -0.2) is 0 Å². The number of aliphatic carboxylic acids is 1. The van der Waals surface area contributed by atoms with Crippen LogP contribution in [0.4, 0.5) is 10.5 Å². The van der Waals surface area contributed by atoms with Gasteiger partial charge in [0, 0.05) is 25.1 Å². The summed E-state index contributed by atoms with van der Waals surface area (Å²) in [5.41, 5.74) is 0.328. The van der Waals surface area contributed by atoms with Crippen molar-refractivity contribution < 1.29 is 24.4 Å². The maximum atomic E-state index is 12.1. The van der Waals surface area contributed by atoms with E-state index in [1.807, 2.05) is 0 Å². The Kier molecular flexibility index (Phi) is 5.12. The number of hydrogen-bond donors (Lipinski definition) is 1. The van der Waals surface area contributed by atoms with Crippen LogP contribution >= 0.6 is 11.8 Å². The Bertz CT molecular complexity index is 715. The number of rotatable bonds is 6. The molecule has 2 amide bonds. The molecule has 1 aromatic carbocycles. The summed E-state index contributed by atoms with van der Waals surface area (Å²) in [5, 5.41) is 18.8. The van der Waals surface area contributed by atoms with E-state index in [1.54, 1.807) is 6.07 Å². The molecule has 1 fully saturated rings. The zero-order chi connectivity index (χ0) is 17.0. The normalized spacial score (nSPS) is 16.2. The van der Waals surface area contributed by atoms with Crippen molar-refractivity contribution in [1.82, 2.24) is 4.90 Å². The minimum atomic E-state index is -0.996. The second kappa shape index (κ2) is 7.05. The number of amides is 2. The van der Waals surface area contributed by atoms with Crippen LogP contribution in [0, 0.1) is 10.1 Å². The maximum absolute atomic E-state index is 12.1. The minimum absolute atomic E-state index is 0.0310. The Morgan fingerprint density at radius 2 is 2.13 bits per heavy atom. The first-order valence-electron chi connectivity index (χ1n) is 6.60. The molecule has 1 aliphatic heterocycles. The van der Waals surface area contributed by atoms with Crippen LogP contribution in [0.3, 0.4) is 0 Å². The summed E-state index contributed by atoms with van der Waals surface area (Å²) in [7, 11) is 0. The highest BCUT2D eigenvalue weighted by Crippen LogP contribution is 2.32. The van der Waals surface area contributed by atoms with Crippen LogP contribution in [-0.2, 0) is 9.59 Å². The van der Waals surface area contributed by atoms with Crippen molar-refractivity contribution in [3.63, 3.8) is 0 Å². The predicted octanol–water partition coefficient (Wildman–Crippen LogP) is 2.50. The zero-order valence-electron chi connectivity index (χ0n) is 11.8. The van der Waals surface area contributed by atoms with Gasteiger partial charge in [0.15, 0.2) is 0 Å². The third kappa shape index (κ3) is 4.16. The topological polar surface area (TPSA) is 118 Å². The summed E-state index contributed by atoms with van der Waals surface area (Å²) in [6.45, 7) is 0.0310. The second-order valence-corrected chi connectivity index (χ2v) is 5.68. The number of carbonyl (C=O) groups is 3. The molecule has 23 heavy (non-hydrogen) atoms. The van der Waals surface area contributed by atoms with Crippen LogP contribution in [0.2, 0.25) is 0 Å². The van der Waals surface area contributed by atoms with E-state index in [0.29, 0.717) is 5.56 Å². The maximum Gasteiger partial charge on any atom is 0.303 e. The summed E-state index contributed by atoms with van der Waals surface area (Å²) >= 11 is 0.731. The van der Waals surface area contributed by atoms with E-state index < -0.39 is 22.0 Å². The number of non-ortho nitro benzene ring substituents is 1. The molecule has 8 nitrogen and oxygen atoms in total. The summed E-state index contributed by atoms with van der Waals surface area (Å²) in [4.78, 5) is 45.8. The fourth-order valence-electron chi connectivity index (χ4n) is 1.96. The molecule has 9 heteroatoms. The lowest BCUT2D eigenvalue weighted by Gasteiger charge is -2.10. The SMILES string of the molecule is O=C(O)CCCN1C(=O)S/C(=C/c2cccc([N+](=O)[O-])c2)C1=O. The summed E-state index contributed by atoms with van der Waals surface area (Å²) in [5.74, 6) is -1.51. The fraction of sp³-hybridized carbons (Fsp3) is 0.214. The molecule has 1 N–H and O–H groups in total. The van der Waals surface area contributed by atoms with Crippen molar-refractivity contribution in [2.75, 3.05) is 6.54 Å². The van der Waals surface area contributed by atoms with Gasteiger partial charge in [-0.2, -0.15) is 0 Å². The van der Waals surface area contributed by atoms with Crippen LogP contribution in [0.5, 0.6) is 0 Å². The van der Waals surface area contributed by atoms with E-state index in [0.717, 1.165) is 16.7 Å². The first kappa shape index (κ1) is 16.7. The molecule has 0 saturated carbocycles. The summed E-state index contributed by atoms with van der Waals surface area (Å²) < 4.78 is 0. The third-order valence-corrected chi connectivity index (χ3v) is 3.93. The number of nitrogens with zero attached hydrogens (tertiary/aromatic N) is 2. The fourth-order valence-corrected chi connectivity index (χ4v) is 2.83. The monoisotopic (exact) mass is 336 g/mol. The first-order valence-corrected chi connectivity index (χ1v) is 7.42. The molecule has 0 unspecified atom stereocenters. The van der Waals surface area contributed by atoms with Crippen LogP contribution in [0.25, 0.3) is 6.08 Å². The minimum Gasteiger partial charge on any atom is -0.481 e. The van der Waals surface area contributed by atoms with Gasteiger partial charge in [0.05, 0.1) is 9.83 Å². The van der Waals surface area contributed by atoms with Crippen molar-refractivity contribution in [2.24, 2.45) is 0 Å². The molecule has 120 valence electrons. The molecule has 2 rings (SSSR count). The Labute approximate surface area is 134 Å². The highest BCUT2D eigenvalue weighted by atomic mass is 32.2. The number of nitro groups is 1. The van der Waals surface area contributed by atoms with Crippen molar-refractivity contribution in [2.45, 2.75) is 12.8 Å². The second-order valence-electron chi connectivity index (χ2n) is 4.68. The Balaban J connectivity index is 2.13. The predicted molar refractivity (Wildman–Crippen MR) is 82.6 cm³/mol. The van der Waals surface area contributed by atoms with Crippen LogP contribution in [0.15, 0.2) is 29.2 Å². The van der Waals surface area contributed by atoms with Gasteiger partial charge in [0.1, 0.15) is 0 Å². The van der Waals surface area contributed by atoms with Crippen molar-refractivity contribution in [1.29, 1.82) is 0 Å². The van der Waals surface area contributed by atoms with Gasteiger partial charge in [-0.3, -0.25) is 29.4 Å². The van der Waals surface area contributed by atoms with E-state index >= 15 is 0 Å². The number of benzene rings is 1. The van der Waals surface area contributed by atoms with Gasteiger partial charge in [-0.15, -0.1) is 0 Å². The summed E-state index contributed by atoms with van der Waals surface area (Å²) in [6, 6.07) is 5.71. The molecule has 0 radical (unpaired) electrons. The van der Waals surface area contributed by atoms with Gasteiger partial charge >= 0.3 is 5.97 Å². The average molecular weight is 336 g/mol. The van der Waals surface area contributed by atoms with E-state index in [1.165, 1.54) is 24.3 Å². The molecule has 1 aromatic rings.